The molecule has 3 heterocycles. The first kappa shape index (κ1) is 19.8. The number of likely N-dealkylation sites (tertiary alicyclic amines) is 1. The number of aliphatic imine (C=N–C) groups is 2. The summed E-state index contributed by atoms with van der Waals surface area (Å²) in [7, 11) is 3.26. The normalized spacial score (nSPS) is 27.2. The molecular formula is C20H30N5O2S+. The van der Waals surface area contributed by atoms with E-state index >= 15 is 0 Å². The van der Waals surface area contributed by atoms with E-state index in [2.05, 4.69) is 4.90 Å². The predicted molar refractivity (Wildman–Crippen MR) is 112 cm³/mol. The summed E-state index contributed by atoms with van der Waals surface area (Å²) in [6.45, 7) is 3.35. The van der Waals surface area contributed by atoms with E-state index in [1.807, 2.05) is 0 Å². The number of carbonyl (C=O) groups is 2. The average molecular weight is 405 g/mol. The van der Waals surface area contributed by atoms with Gasteiger partial charge in [0.15, 0.2) is 5.92 Å². The second-order valence-electron chi connectivity index (χ2n) is 8.18. The maximum absolute atomic E-state index is 12.9. The smallest absolute Gasteiger partial charge is 0.303 e. The first-order valence-electron chi connectivity index (χ1n) is 10.5. The predicted octanol–water partition coefficient (Wildman–Crippen LogP) is 2.46. The van der Waals surface area contributed by atoms with Gasteiger partial charge in [-0.25, -0.2) is 9.79 Å². The summed E-state index contributed by atoms with van der Waals surface area (Å²) in [5, 5.41) is 0.820. The van der Waals surface area contributed by atoms with E-state index in [9.17, 15) is 9.59 Å². The largest absolute Gasteiger partial charge is 0.445 e. The van der Waals surface area contributed by atoms with Crippen molar-refractivity contribution in [2.75, 3.05) is 39.5 Å². The van der Waals surface area contributed by atoms with Crippen LogP contribution in [0.3, 0.4) is 0 Å². The molecule has 0 N–H and O–H groups in total. The third-order valence-corrected chi connectivity index (χ3v) is 7.29. The van der Waals surface area contributed by atoms with Crippen LogP contribution in [0.15, 0.2) is 9.98 Å². The number of imide groups is 1. The summed E-state index contributed by atoms with van der Waals surface area (Å²) in [4.78, 5) is 38.7. The fraction of sp³-hybridized carbons (Fsp3) is 0.750. The summed E-state index contributed by atoms with van der Waals surface area (Å²) in [6.07, 6.45) is 8.42. The maximum Gasteiger partial charge on any atom is 0.445 e. The molecule has 152 valence electrons. The third kappa shape index (κ3) is 3.81. The minimum atomic E-state index is -0.538. The van der Waals surface area contributed by atoms with E-state index in [0.717, 1.165) is 36.0 Å². The van der Waals surface area contributed by atoms with Crippen LogP contribution < -0.4 is 0 Å². The molecule has 0 radical (unpaired) electrons. The molecule has 4 aliphatic rings. The molecule has 3 aliphatic heterocycles. The number of urea groups is 1. The van der Waals surface area contributed by atoms with Crippen molar-refractivity contribution >= 4 is 40.4 Å². The van der Waals surface area contributed by atoms with Crippen molar-refractivity contribution in [1.82, 2.24) is 9.80 Å². The van der Waals surface area contributed by atoms with E-state index in [1.165, 1.54) is 54.7 Å². The summed E-state index contributed by atoms with van der Waals surface area (Å²) >= 11 is 1.67. The summed E-state index contributed by atoms with van der Waals surface area (Å²) in [5.41, 5.74) is 0. The Morgan fingerprint density at radius 3 is 2.50 bits per heavy atom. The number of carbonyl (C=O) groups excluding carboxylic acids is 2. The summed E-state index contributed by atoms with van der Waals surface area (Å²) in [6, 6.07) is -0.314. The summed E-state index contributed by atoms with van der Waals surface area (Å²) < 4.78 is 1.53. The molecule has 0 aromatic carbocycles. The molecule has 0 aromatic rings. The third-order valence-electron chi connectivity index (χ3n) is 6.28. The van der Waals surface area contributed by atoms with E-state index in [0.29, 0.717) is 11.8 Å². The van der Waals surface area contributed by atoms with Gasteiger partial charge in [-0.15, -0.1) is 11.8 Å². The molecule has 1 saturated carbocycles. The minimum absolute atomic E-state index is 0.211. The molecule has 1 saturated heterocycles. The highest BCUT2D eigenvalue weighted by Gasteiger charge is 2.49. The number of fused-ring (bicyclic) bond motifs is 1. The highest BCUT2D eigenvalue weighted by Crippen LogP contribution is 2.31. The number of amides is 3. The average Bonchev–Trinajstić information content (AvgIpc) is 3.24. The van der Waals surface area contributed by atoms with Crippen LogP contribution in [0.5, 0.6) is 0 Å². The van der Waals surface area contributed by atoms with Gasteiger partial charge in [-0.1, -0.05) is 24.3 Å². The lowest BCUT2D eigenvalue weighted by Gasteiger charge is -2.28. The van der Waals surface area contributed by atoms with Crippen molar-refractivity contribution in [3.8, 4) is 0 Å². The van der Waals surface area contributed by atoms with Crippen molar-refractivity contribution in [1.29, 1.82) is 0 Å². The number of hydrogen-bond acceptors (Lipinski definition) is 6. The van der Waals surface area contributed by atoms with Crippen LogP contribution >= 0.6 is 11.8 Å². The van der Waals surface area contributed by atoms with Crippen molar-refractivity contribution in [3.63, 3.8) is 0 Å². The Morgan fingerprint density at radius 2 is 1.79 bits per heavy atom. The lowest BCUT2D eigenvalue weighted by Crippen LogP contribution is -2.55. The monoisotopic (exact) mass is 404 g/mol. The van der Waals surface area contributed by atoms with E-state index in [1.54, 1.807) is 25.9 Å². The minimum Gasteiger partial charge on any atom is -0.303 e. The molecule has 0 bridgehead atoms. The second kappa shape index (κ2) is 8.45. The standard InChI is InChI=1S/C20H30N5O2S/c1-23-17-15(19(26)24(2)20(23)27)18(28-13-12-25-10-6-7-11-25)22-16(21-17)14-8-4-3-5-9-14/h14-15H,3-13H2,1-2H3/q+1. The van der Waals surface area contributed by atoms with E-state index in [-0.39, 0.29) is 11.9 Å². The molecule has 2 fully saturated rings. The zero-order valence-electron chi connectivity index (χ0n) is 16.9. The van der Waals surface area contributed by atoms with Crippen LogP contribution in [0, 0.1) is 11.8 Å². The van der Waals surface area contributed by atoms with Gasteiger partial charge in [0.25, 0.3) is 5.84 Å². The number of amidine groups is 2. The fourth-order valence-corrected chi connectivity index (χ4v) is 5.62. The Kier molecular flexibility index (Phi) is 5.96. The van der Waals surface area contributed by atoms with Crippen LogP contribution in [0.25, 0.3) is 0 Å². The molecule has 0 aromatic heterocycles. The Hall–Kier alpha value is -1.54. The Morgan fingerprint density at radius 1 is 1.07 bits per heavy atom. The zero-order chi connectivity index (χ0) is 19.7. The lowest BCUT2D eigenvalue weighted by atomic mass is 9.88. The molecule has 28 heavy (non-hydrogen) atoms. The Bertz CT molecular complexity index is 748. The van der Waals surface area contributed by atoms with E-state index < -0.39 is 5.92 Å². The fourth-order valence-electron chi connectivity index (χ4n) is 4.53. The summed E-state index contributed by atoms with van der Waals surface area (Å²) in [5.74, 6) is 1.89. The highest BCUT2D eigenvalue weighted by molar-refractivity contribution is 8.14. The van der Waals surface area contributed by atoms with Gasteiger partial charge in [-0.2, -0.15) is 9.48 Å². The van der Waals surface area contributed by atoms with Crippen LogP contribution in [0.1, 0.15) is 44.9 Å². The first-order chi connectivity index (χ1) is 13.6. The number of rotatable bonds is 4. The Labute approximate surface area is 171 Å². The van der Waals surface area contributed by atoms with E-state index in [4.69, 9.17) is 9.98 Å². The molecule has 3 amide bonds. The molecule has 1 atom stereocenters. The van der Waals surface area contributed by atoms with Crippen molar-refractivity contribution < 1.29 is 14.2 Å². The molecule has 1 unspecified atom stereocenters. The molecule has 8 heteroatoms. The first-order valence-corrected chi connectivity index (χ1v) is 11.5. The number of hydrogen-bond donors (Lipinski definition) is 0. The molecule has 7 nitrogen and oxygen atoms in total. The highest BCUT2D eigenvalue weighted by atomic mass is 32.2. The van der Waals surface area contributed by atoms with Gasteiger partial charge in [-0.3, -0.25) is 4.79 Å². The van der Waals surface area contributed by atoms with Gasteiger partial charge in [0, 0.05) is 18.2 Å². The van der Waals surface area contributed by atoms with Gasteiger partial charge >= 0.3 is 11.9 Å². The van der Waals surface area contributed by atoms with Crippen LogP contribution in [-0.2, 0) is 4.79 Å². The van der Waals surface area contributed by atoms with Crippen molar-refractivity contribution in [2.45, 2.75) is 44.9 Å². The number of nitrogens with zero attached hydrogens (tertiary/aromatic N) is 5. The van der Waals surface area contributed by atoms with Crippen LogP contribution in [0.2, 0.25) is 0 Å². The van der Waals surface area contributed by atoms with Gasteiger partial charge < -0.3 is 4.90 Å². The van der Waals surface area contributed by atoms with Crippen LogP contribution in [-0.4, -0.2) is 82.5 Å². The molecular weight excluding hydrogens is 374 g/mol. The topological polar surface area (TPSA) is 68.3 Å². The zero-order valence-corrected chi connectivity index (χ0v) is 17.7. The molecule has 1 aliphatic carbocycles. The van der Waals surface area contributed by atoms with Crippen molar-refractivity contribution in [2.24, 2.45) is 21.8 Å². The quantitative estimate of drug-likeness (QED) is 0.675. The van der Waals surface area contributed by atoms with Crippen LogP contribution in [0.4, 0.5) is 4.79 Å². The SMILES string of the molecule is CN1C(=O)C2C(SCCN3CCCC3)=NC(C3CCCCC3)=NC2=[N+](C)C1=O. The van der Waals surface area contributed by atoms with Gasteiger partial charge in [0.2, 0.25) is 5.84 Å². The maximum atomic E-state index is 12.9. The lowest BCUT2D eigenvalue weighted by molar-refractivity contribution is -0.407. The van der Waals surface area contributed by atoms with Gasteiger partial charge in [0.1, 0.15) is 5.04 Å². The molecule has 0 spiro atoms. The molecule has 4 rings (SSSR count). The second-order valence-corrected chi connectivity index (χ2v) is 9.30. The van der Waals surface area contributed by atoms with Gasteiger partial charge in [-0.05, 0) is 38.8 Å². The van der Waals surface area contributed by atoms with Gasteiger partial charge in [0.05, 0.1) is 14.1 Å². The Balaban J connectivity index is 1.60. The van der Waals surface area contributed by atoms with Crippen molar-refractivity contribution in [3.05, 3.63) is 0 Å². The number of thioether (sulfide) groups is 1.